The highest BCUT2D eigenvalue weighted by molar-refractivity contribution is 6.30. The first-order valence-electron chi connectivity index (χ1n) is 7.32. The molecule has 0 aromatic heterocycles. The summed E-state index contributed by atoms with van der Waals surface area (Å²) in [6.07, 6.45) is 3.97. The molecule has 1 aromatic carbocycles. The second-order valence-corrected chi connectivity index (χ2v) is 6.44. The Labute approximate surface area is 120 Å². The van der Waals surface area contributed by atoms with E-state index in [1.807, 2.05) is 12.1 Å². The summed E-state index contributed by atoms with van der Waals surface area (Å²) in [5, 5.41) is 10.1. The van der Waals surface area contributed by atoms with Crippen LogP contribution in [0.25, 0.3) is 0 Å². The van der Waals surface area contributed by atoms with Gasteiger partial charge in [0.15, 0.2) is 0 Å². The van der Waals surface area contributed by atoms with E-state index in [-0.39, 0.29) is 6.61 Å². The number of halogens is 1. The molecule has 2 nitrogen and oxygen atoms in total. The van der Waals surface area contributed by atoms with Crippen LogP contribution in [0, 0.1) is 5.92 Å². The number of aliphatic hydroxyl groups excluding tert-OH is 1. The fourth-order valence-electron chi connectivity index (χ4n) is 3.68. The number of aliphatic hydroxyl groups is 1. The Morgan fingerprint density at radius 1 is 1.26 bits per heavy atom. The van der Waals surface area contributed by atoms with Crippen LogP contribution >= 0.6 is 11.6 Å². The quantitative estimate of drug-likeness (QED) is 0.914. The van der Waals surface area contributed by atoms with Crippen molar-refractivity contribution in [3.63, 3.8) is 0 Å². The van der Waals surface area contributed by atoms with Crippen molar-refractivity contribution < 1.29 is 5.11 Å². The first kappa shape index (κ1) is 13.4. The normalized spacial score (nSPS) is 31.8. The Morgan fingerprint density at radius 3 is 2.53 bits per heavy atom. The van der Waals surface area contributed by atoms with E-state index in [0.29, 0.717) is 18.0 Å². The molecule has 1 aliphatic heterocycles. The van der Waals surface area contributed by atoms with Gasteiger partial charge in [-0.3, -0.25) is 4.90 Å². The summed E-state index contributed by atoms with van der Waals surface area (Å²) in [5.41, 5.74) is 1.39. The van der Waals surface area contributed by atoms with E-state index in [1.165, 1.54) is 24.8 Å². The lowest BCUT2D eigenvalue weighted by Gasteiger charge is -2.28. The SMILES string of the molecule is CC1C(c2ccc(Cl)cc2)CC(C2CC2)N1CCO. The van der Waals surface area contributed by atoms with Crippen LogP contribution in [0.15, 0.2) is 24.3 Å². The third-order valence-corrected chi connectivity index (χ3v) is 5.10. The largest absolute Gasteiger partial charge is 0.395 e. The summed E-state index contributed by atoms with van der Waals surface area (Å²) in [7, 11) is 0. The predicted octanol–water partition coefficient (Wildman–Crippen LogP) is 3.29. The van der Waals surface area contributed by atoms with Gasteiger partial charge in [-0.2, -0.15) is 0 Å². The smallest absolute Gasteiger partial charge is 0.0558 e. The Bertz CT molecular complexity index is 429. The molecule has 0 radical (unpaired) electrons. The second-order valence-electron chi connectivity index (χ2n) is 6.00. The summed E-state index contributed by atoms with van der Waals surface area (Å²) in [6.45, 7) is 3.38. The van der Waals surface area contributed by atoms with Crippen LogP contribution in [-0.2, 0) is 0 Å². The second kappa shape index (κ2) is 5.43. The van der Waals surface area contributed by atoms with Gasteiger partial charge in [-0.1, -0.05) is 23.7 Å². The van der Waals surface area contributed by atoms with Crippen LogP contribution in [0.5, 0.6) is 0 Å². The van der Waals surface area contributed by atoms with Gasteiger partial charge in [0.1, 0.15) is 0 Å². The van der Waals surface area contributed by atoms with E-state index in [9.17, 15) is 5.11 Å². The number of hydrogen-bond donors (Lipinski definition) is 1. The summed E-state index contributed by atoms with van der Waals surface area (Å²) in [6, 6.07) is 9.49. The first-order valence-corrected chi connectivity index (χ1v) is 7.70. The van der Waals surface area contributed by atoms with E-state index in [1.54, 1.807) is 0 Å². The minimum atomic E-state index is 0.265. The molecule has 0 bridgehead atoms. The maximum absolute atomic E-state index is 9.30. The zero-order valence-electron chi connectivity index (χ0n) is 11.4. The van der Waals surface area contributed by atoms with Gasteiger partial charge in [-0.15, -0.1) is 0 Å². The van der Waals surface area contributed by atoms with Crippen molar-refractivity contribution in [2.45, 2.75) is 44.2 Å². The van der Waals surface area contributed by atoms with Gasteiger partial charge in [0, 0.05) is 29.6 Å². The molecule has 1 aromatic rings. The lowest BCUT2D eigenvalue weighted by molar-refractivity contribution is 0.140. The van der Waals surface area contributed by atoms with E-state index in [4.69, 9.17) is 11.6 Å². The molecule has 3 rings (SSSR count). The van der Waals surface area contributed by atoms with Gasteiger partial charge < -0.3 is 5.11 Å². The molecule has 1 saturated carbocycles. The topological polar surface area (TPSA) is 23.5 Å². The van der Waals surface area contributed by atoms with Gasteiger partial charge >= 0.3 is 0 Å². The third kappa shape index (κ3) is 2.67. The highest BCUT2D eigenvalue weighted by Gasteiger charge is 2.45. The Kier molecular flexibility index (Phi) is 3.84. The average molecular weight is 280 g/mol. The average Bonchev–Trinajstić information content (AvgIpc) is 3.19. The van der Waals surface area contributed by atoms with Crippen LogP contribution in [0.1, 0.15) is 37.7 Å². The Morgan fingerprint density at radius 2 is 1.95 bits per heavy atom. The van der Waals surface area contributed by atoms with Crippen molar-refractivity contribution in [3.05, 3.63) is 34.9 Å². The Balaban J connectivity index is 1.80. The maximum atomic E-state index is 9.30. The molecule has 3 atom stereocenters. The molecule has 3 unspecified atom stereocenters. The standard InChI is InChI=1S/C16H22ClNO/c1-11-15(12-4-6-14(17)7-5-12)10-16(13-2-3-13)18(11)8-9-19/h4-7,11,13,15-16,19H,2-3,8-10H2,1H3. The third-order valence-electron chi connectivity index (χ3n) is 4.85. The minimum absolute atomic E-state index is 0.265. The summed E-state index contributed by atoms with van der Waals surface area (Å²) < 4.78 is 0. The predicted molar refractivity (Wildman–Crippen MR) is 78.6 cm³/mol. The van der Waals surface area contributed by atoms with E-state index >= 15 is 0 Å². The summed E-state index contributed by atoms with van der Waals surface area (Å²) >= 11 is 5.98. The van der Waals surface area contributed by atoms with Crippen molar-refractivity contribution in [2.24, 2.45) is 5.92 Å². The molecule has 3 heteroatoms. The number of benzene rings is 1. The highest BCUT2D eigenvalue weighted by Crippen LogP contribution is 2.47. The van der Waals surface area contributed by atoms with Crippen LogP contribution in [0.3, 0.4) is 0 Å². The molecule has 104 valence electrons. The Hall–Kier alpha value is -0.570. The molecule has 1 aliphatic carbocycles. The number of hydrogen-bond acceptors (Lipinski definition) is 2. The van der Waals surface area contributed by atoms with Crippen LogP contribution in [0.2, 0.25) is 5.02 Å². The van der Waals surface area contributed by atoms with E-state index in [0.717, 1.165) is 17.5 Å². The zero-order valence-corrected chi connectivity index (χ0v) is 12.2. The molecule has 0 amide bonds. The van der Waals surface area contributed by atoms with Crippen LogP contribution in [-0.4, -0.2) is 35.2 Å². The molecule has 19 heavy (non-hydrogen) atoms. The lowest BCUT2D eigenvalue weighted by atomic mass is 9.91. The highest BCUT2D eigenvalue weighted by atomic mass is 35.5. The fourth-order valence-corrected chi connectivity index (χ4v) is 3.81. The molecule has 1 N–H and O–H groups in total. The van der Waals surface area contributed by atoms with Crippen molar-refractivity contribution in [1.82, 2.24) is 4.90 Å². The molecule has 2 aliphatic rings. The summed E-state index contributed by atoms with van der Waals surface area (Å²) in [5.74, 6) is 1.45. The van der Waals surface area contributed by atoms with E-state index < -0.39 is 0 Å². The molecule has 1 saturated heterocycles. The van der Waals surface area contributed by atoms with Crippen LogP contribution < -0.4 is 0 Å². The lowest BCUT2D eigenvalue weighted by Crippen LogP contribution is -2.38. The van der Waals surface area contributed by atoms with Crippen molar-refractivity contribution >= 4 is 11.6 Å². The number of likely N-dealkylation sites (tertiary alicyclic amines) is 1. The monoisotopic (exact) mass is 279 g/mol. The fraction of sp³-hybridized carbons (Fsp3) is 0.625. The number of rotatable bonds is 4. The van der Waals surface area contributed by atoms with Crippen molar-refractivity contribution in [1.29, 1.82) is 0 Å². The summed E-state index contributed by atoms with van der Waals surface area (Å²) in [4.78, 5) is 2.52. The maximum Gasteiger partial charge on any atom is 0.0558 e. The van der Waals surface area contributed by atoms with Gasteiger partial charge in [0.25, 0.3) is 0 Å². The number of nitrogens with zero attached hydrogens (tertiary/aromatic N) is 1. The molecular weight excluding hydrogens is 258 g/mol. The molecular formula is C16H22ClNO. The number of β-amino-alcohol motifs (C(OH)–C–C–N with tert-alkyl or cyclic N) is 1. The van der Waals surface area contributed by atoms with Gasteiger partial charge in [0.05, 0.1) is 6.61 Å². The molecule has 1 heterocycles. The first-order chi connectivity index (χ1) is 9.20. The van der Waals surface area contributed by atoms with E-state index in [2.05, 4.69) is 24.0 Å². The van der Waals surface area contributed by atoms with Gasteiger partial charge in [-0.25, -0.2) is 0 Å². The van der Waals surface area contributed by atoms with Gasteiger partial charge in [0.2, 0.25) is 0 Å². The van der Waals surface area contributed by atoms with Crippen molar-refractivity contribution in [3.8, 4) is 0 Å². The van der Waals surface area contributed by atoms with Gasteiger partial charge in [-0.05, 0) is 49.8 Å². The molecule has 0 spiro atoms. The minimum Gasteiger partial charge on any atom is -0.395 e. The molecule has 2 fully saturated rings. The van der Waals surface area contributed by atoms with Crippen LogP contribution in [0.4, 0.5) is 0 Å². The zero-order chi connectivity index (χ0) is 13.4. The van der Waals surface area contributed by atoms with Crippen molar-refractivity contribution in [2.75, 3.05) is 13.2 Å².